The normalized spacial score (nSPS) is 12.3. The van der Waals surface area contributed by atoms with Crippen molar-refractivity contribution in [1.29, 1.82) is 0 Å². The van der Waals surface area contributed by atoms with Crippen molar-refractivity contribution in [3.05, 3.63) is 254 Å². The zero-order valence-electron chi connectivity index (χ0n) is 46.2. The molecule has 0 aliphatic carbocycles. The third-order valence-electron chi connectivity index (χ3n) is 16.5. The molecule has 81 heavy (non-hydrogen) atoms. The highest BCUT2D eigenvalue weighted by molar-refractivity contribution is 6.28. The van der Waals surface area contributed by atoms with E-state index in [1.54, 1.807) is 0 Å². The molecule has 3 aromatic heterocycles. The molecule has 0 amide bonds. The van der Waals surface area contributed by atoms with Gasteiger partial charge < -0.3 is 23.1 Å². The molecule has 5 nitrogen and oxygen atoms in total. The topological polar surface area (TPSA) is 45.9 Å². The molecule has 0 saturated heterocycles. The molecule has 5 heteroatoms. The second-order valence-corrected chi connectivity index (χ2v) is 23.5. The summed E-state index contributed by atoms with van der Waals surface area (Å²) < 4.78 is 21.9. The third kappa shape index (κ3) is 7.67. The Morgan fingerprint density at radius 1 is 0.259 bits per heavy atom. The minimum absolute atomic E-state index is 0.140. The number of para-hydroxylation sites is 6. The fourth-order valence-corrected chi connectivity index (χ4v) is 12.8. The number of fused-ring (bicyclic) bond motifs is 13. The molecule has 390 valence electrons. The summed E-state index contributed by atoms with van der Waals surface area (Å²) in [5.41, 5.74) is 17.5. The Balaban J connectivity index is 1.04. The quantitative estimate of drug-likeness (QED) is 0.152. The summed E-state index contributed by atoms with van der Waals surface area (Å²) in [6.07, 6.45) is 0. The van der Waals surface area contributed by atoms with E-state index in [0.29, 0.717) is 0 Å². The van der Waals surface area contributed by atoms with Crippen molar-refractivity contribution in [2.75, 3.05) is 9.80 Å². The zero-order valence-corrected chi connectivity index (χ0v) is 46.2. The highest BCUT2D eigenvalue weighted by atomic mass is 16.3. The molecule has 0 unspecified atom stereocenters. The second kappa shape index (κ2) is 18.4. The lowest BCUT2D eigenvalue weighted by Crippen LogP contribution is -2.12. The predicted octanol–water partition coefficient (Wildman–Crippen LogP) is 22.6. The van der Waals surface area contributed by atoms with E-state index in [1.807, 2.05) is 0 Å². The van der Waals surface area contributed by atoms with E-state index in [-0.39, 0.29) is 10.8 Å². The van der Waals surface area contributed by atoms with Crippen LogP contribution in [0.2, 0.25) is 0 Å². The van der Waals surface area contributed by atoms with Crippen LogP contribution in [0.5, 0.6) is 0 Å². The van der Waals surface area contributed by atoms with Gasteiger partial charge in [0.2, 0.25) is 0 Å². The lowest BCUT2D eigenvalue weighted by atomic mass is 9.86. The molecule has 0 bridgehead atoms. The molecule has 0 saturated carbocycles. The standard InChI is InChI=1S/C76H58N2O3/c1-75(2,3)60-39-21-35-55-57-37-23-43-64(73(57)80-71(55)60)77(62-41-19-17-29-49(62)47-25-9-7-10-26-47)66-45-59-69-53-33-15-13-31-51(53)67(46-68(69)79-70(59)54-34-16-14-32-52(54)66)78(63-42-20-18-30-50(63)48-27-11-8-12-28-48)65-44-24-38-58-56-36-22-40-61(76(4,5)6)72(56)81-74(58)65/h7-46H,1-6H3. The lowest BCUT2D eigenvalue weighted by Gasteiger charge is -2.29. The van der Waals surface area contributed by atoms with Crippen LogP contribution in [0.25, 0.3) is 110 Å². The van der Waals surface area contributed by atoms with E-state index in [4.69, 9.17) is 13.3 Å². The SMILES string of the molecule is CC(C)(C)c1cccc2c1oc1c(N(c3ccccc3-c3ccccc3)c3cc4c(oc5cc(N(c6ccccc6-c6ccccc6)c6cccc7c6oc6c(C(C)(C)C)cccc67)c6ccccc6c54)c4ccccc34)cccc12. The molecule has 0 spiro atoms. The van der Waals surface area contributed by atoms with Gasteiger partial charge in [0.25, 0.3) is 0 Å². The Labute approximate surface area is 470 Å². The second-order valence-electron chi connectivity index (χ2n) is 23.5. The monoisotopic (exact) mass is 1050 g/mol. The van der Waals surface area contributed by atoms with Gasteiger partial charge in [-0.25, -0.2) is 0 Å². The van der Waals surface area contributed by atoms with Crippen molar-refractivity contribution in [2.24, 2.45) is 0 Å². The van der Waals surface area contributed by atoms with Crippen LogP contribution >= 0.6 is 0 Å². The predicted molar refractivity (Wildman–Crippen MR) is 341 cm³/mol. The first-order chi connectivity index (χ1) is 39.5. The Bertz CT molecular complexity index is 4970. The largest absolute Gasteiger partial charge is 0.455 e. The van der Waals surface area contributed by atoms with Gasteiger partial charge in [-0.1, -0.05) is 248 Å². The van der Waals surface area contributed by atoms with Gasteiger partial charge in [0.15, 0.2) is 11.2 Å². The van der Waals surface area contributed by atoms with E-state index in [9.17, 15) is 0 Å². The molecule has 0 fully saturated rings. The average molecular weight is 1050 g/mol. The van der Waals surface area contributed by atoms with Crippen molar-refractivity contribution < 1.29 is 13.3 Å². The maximum absolute atomic E-state index is 7.45. The zero-order chi connectivity index (χ0) is 54.7. The summed E-state index contributed by atoms with van der Waals surface area (Å²) in [5, 5.41) is 10.6. The molecule has 15 rings (SSSR count). The number of rotatable bonds is 8. The Morgan fingerprint density at radius 3 is 1.11 bits per heavy atom. The van der Waals surface area contributed by atoms with Crippen molar-refractivity contribution in [2.45, 2.75) is 52.4 Å². The van der Waals surface area contributed by atoms with Gasteiger partial charge in [-0.05, 0) is 57.7 Å². The van der Waals surface area contributed by atoms with Gasteiger partial charge in [-0.15, -0.1) is 0 Å². The third-order valence-corrected chi connectivity index (χ3v) is 16.5. The highest BCUT2D eigenvalue weighted by Gasteiger charge is 2.31. The highest BCUT2D eigenvalue weighted by Crippen LogP contribution is 2.54. The number of nitrogens with zero attached hydrogens (tertiary/aromatic N) is 2. The molecule has 0 aliphatic heterocycles. The van der Waals surface area contributed by atoms with E-state index >= 15 is 0 Å². The summed E-state index contributed by atoms with van der Waals surface area (Å²) in [6.45, 7) is 13.5. The van der Waals surface area contributed by atoms with Crippen LogP contribution in [0.4, 0.5) is 34.1 Å². The maximum atomic E-state index is 7.45. The summed E-state index contributed by atoms with van der Waals surface area (Å²) in [7, 11) is 0. The van der Waals surface area contributed by atoms with Gasteiger partial charge in [0.1, 0.15) is 22.3 Å². The molecular weight excluding hydrogens is 989 g/mol. The van der Waals surface area contributed by atoms with E-state index in [2.05, 4.69) is 294 Å². The Morgan fingerprint density at radius 2 is 0.617 bits per heavy atom. The average Bonchev–Trinajstić information content (AvgIpc) is 4.38. The molecule has 0 aliphatic rings. The van der Waals surface area contributed by atoms with Crippen LogP contribution in [0.3, 0.4) is 0 Å². The van der Waals surface area contributed by atoms with Crippen LogP contribution in [0.15, 0.2) is 256 Å². The fourth-order valence-electron chi connectivity index (χ4n) is 12.8. The van der Waals surface area contributed by atoms with Crippen molar-refractivity contribution in [3.8, 4) is 22.3 Å². The minimum Gasteiger partial charge on any atom is -0.455 e. The number of furan rings is 3. The summed E-state index contributed by atoms with van der Waals surface area (Å²) in [5.74, 6) is 0. The number of hydrogen-bond donors (Lipinski definition) is 0. The van der Waals surface area contributed by atoms with Crippen molar-refractivity contribution in [3.63, 3.8) is 0 Å². The molecule has 0 atom stereocenters. The van der Waals surface area contributed by atoms with Crippen LogP contribution in [0, 0.1) is 0 Å². The molecule has 0 radical (unpaired) electrons. The van der Waals surface area contributed by atoms with Gasteiger partial charge in [-0.2, -0.15) is 0 Å². The summed E-state index contributed by atoms with van der Waals surface area (Å²) >= 11 is 0. The van der Waals surface area contributed by atoms with Gasteiger partial charge in [0, 0.05) is 76.8 Å². The first-order valence-corrected chi connectivity index (χ1v) is 28.1. The molecular formula is C76H58N2O3. The van der Waals surface area contributed by atoms with Crippen LogP contribution in [-0.4, -0.2) is 0 Å². The lowest BCUT2D eigenvalue weighted by molar-refractivity contribution is 0.572. The molecule has 3 heterocycles. The van der Waals surface area contributed by atoms with Crippen LogP contribution < -0.4 is 9.80 Å². The van der Waals surface area contributed by atoms with Crippen molar-refractivity contribution >= 4 is 121 Å². The fraction of sp³-hybridized carbons (Fsp3) is 0.105. The number of hydrogen-bond acceptors (Lipinski definition) is 5. The Kier molecular flexibility index (Phi) is 11.0. The summed E-state index contributed by atoms with van der Waals surface area (Å²) in [6, 6.07) is 87.3. The van der Waals surface area contributed by atoms with Gasteiger partial charge in [0.05, 0.1) is 34.1 Å². The molecule has 0 N–H and O–H groups in total. The van der Waals surface area contributed by atoms with E-state index in [0.717, 1.165) is 144 Å². The van der Waals surface area contributed by atoms with Crippen LogP contribution in [-0.2, 0) is 10.8 Å². The maximum Gasteiger partial charge on any atom is 0.159 e. The van der Waals surface area contributed by atoms with E-state index in [1.165, 1.54) is 11.1 Å². The number of anilines is 6. The van der Waals surface area contributed by atoms with Gasteiger partial charge >= 0.3 is 0 Å². The van der Waals surface area contributed by atoms with Crippen LogP contribution in [0.1, 0.15) is 52.7 Å². The number of benzene rings is 12. The van der Waals surface area contributed by atoms with Gasteiger partial charge in [-0.3, -0.25) is 0 Å². The first-order valence-electron chi connectivity index (χ1n) is 28.1. The smallest absolute Gasteiger partial charge is 0.159 e. The first kappa shape index (κ1) is 48.3. The molecule has 12 aromatic carbocycles. The Hall–Kier alpha value is -9.84. The minimum atomic E-state index is -0.140. The van der Waals surface area contributed by atoms with Crippen molar-refractivity contribution in [1.82, 2.24) is 0 Å². The molecule has 15 aromatic rings. The van der Waals surface area contributed by atoms with E-state index < -0.39 is 0 Å². The summed E-state index contributed by atoms with van der Waals surface area (Å²) in [4.78, 5) is 4.84.